The van der Waals surface area contributed by atoms with Crippen molar-refractivity contribution >= 4 is 37.6 Å². The number of ether oxygens (including phenoxy) is 1. The standard InChI is InChI=1S/C18H19BrN2O4S/c1-25-18(22)16-13-15(7-8-17(16)19)26(23,24)21-11-9-20(10-12-21)14-5-3-2-4-6-14/h2-8,13H,9-12H2,1H3. The van der Waals surface area contributed by atoms with E-state index in [9.17, 15) is 13.2 Å². The Bertz CT molecular complexity index is 895. The fourth-order valence-corrected chi connectivity index (χ4v) is 4.76. The van der Waals surface area contributed by atoms with Gasteiger partial charge >= 0.3 is 5.97 Å². The number of carbonyl (C=O) groups is 1. The SMILES string of the molecule is COC(=O)c1cc(S(=O)(=O)N2CCN(c3ccccc3)CC2)ccc1Br. The van der Waals surface area contributed by atoms with Crippen LogP contribution < -0.4 is 4.90 Å². The quantitative estimate of drug-likeness (QED) is 0.686. The number of para-hydroxylation sites is 1. The number of sulfonamides is 1. The molecule has 0 aliphatic carbocycles. The summed E-state index contributed by atoms with van der Waals surface area (Å²) in [6.45, 7) is 2.01. The van der Waals surface area contributed by atoms with E-state index in [0.29, 0.717) is 30.7 Å². The van der Waals surface area contributed by atoms with Gasteiger partial charge in [0.05, 0.1) is 17.6 Å². The predicted molar refractivity (Wildman–Crippen MR) is 103 cm³/mol. The van der Waals surface area contributed by atoms with Gasteiger partial charge in [0.25, 0.3) is 0 Å². The van der Waals surface area contributed by atoms with E-state index < -0.39 is 16.0 Å². The zero-order valence-corrected chi connectivity index (χ0v) is 16.7. The first-order valence-electron chi connectivity index (χ1n) is 8.11. The lowest BCUT2D eigenvalue weighted by Gasteiger charge is -2.35. The van der Waals surface area contributed by atoms with Crippen molar-refractivity contribution in [2.75, 3.05) is 38.2 Å². The third-order valence-electron chi connectivity index (χ3n) is 4.34. The number of anilines is 1. The van der Waals surface area contributed by atoms with Crippen LogP contribution in [0.5, 0.6) is 0 Å². The number of piperazine rings is 1. The zero-order valence-electron chi connectivity index (χ0n) is 14.3. The van der Waals surface area contributed by atoms with Gasteiger partial charge in [-0.25, -0.2) is 13.2 Å². The van der Waals surface area contributed by atoms with E-state index in [1.54, 1.807) is 6.07 Å². The third kappa shape index (κ3) is 3.77. The lowest BCUT2D eigenvalue weighted by molar-refractivity contribution is 0.0599. The molecule has 0 unspecified atom stereocenters. The lowest BCUT2D eigenvalue weighted by Crippen LogP contribution is -2.48. The summed E-state index contributed by atoms with van der Waals surface area (Å²) in [5.41, 5.74) is 1.28. The van der Waals surface area contributed by atoms with Crippen LogP contribution in [0, 0.1) is 0 Å². The molecule has 8 heteroatoms. The van der Waals surface area contributed by atoms with Crippen LogP contribution in [-0.2, 0) is 14.8 Å². The van der Waals surface area contributed by atoms with Gasteiger partial charge in [0.1, 0.15) is 0 Å². The maximum Gasteiger partial charge on any atom is 0.339 e. The summed E-state index contributed by atoms with van der Waals surface area (Å²) in [6, 6.07) is 14.3. The smallest absolute Gasteiger partial charge is 0.339 e. The molecule has 26 heavy (non-hydrogen) atoms. The van der Waals surface area contributed by atoms with Gasteiger partial charge in [-0.05, 0) is 46.3 Å². The number of halogens is 1. The van der Waals surface area contributed by atoms with Crippen molar-refractivity contribution in [2.24, 2.45) is 0 Å². The van der Waals surface area contributed by atoms with E-state index in [1.807, 2.05) is 30.3 Å². The Labute approximate surface area is 161 Å². The maximum atomic E-state index is 12.9. The van der Waals surface area contributed by atoms with Crippen LogP contribution in [-0.4, -0.2) is 52.0 Å². The predicted octanol–water partition coefficient (Wildman–Crippen LogP) is 2.75. The molecule has 1 fully saturated rings. The Morgan fingerprint density at radius 1 is 1.04 bits per heavy atom. The van der Waals surface area contributed by atoms with Gasteiger partial charge in [0.15, 0.2) is 0 Å². The summed E-state index contributed by atoms with van der Waals surface area (Å²) in [6.07, 6.45) is 0. The second-order valence-corrected chi connectivity index (χ2v) is 8.65. The highest BCUT2D eigenvalue weighted by Crippen LogP contribution is 2.25. The largest absolute Gasteiger partial charge is 0.465 e. The van der Waals surface area contributed by atoms with Crippen LogP contribution in [0.15, 0.2) is 57.9 Å². The Morgan fingerprint density at radius 3 is 2.31 bits per heavy atom. The van der Waals surface area contributed by atoms with Gasteiger partial charge in [-0.1, -0.05) is 18.2 Å². The van der Waals surface area contributed by atoms with E-state index in [4.69, 9.17) is 4.74 Å². The van der Waals surface area contributed by atoms with E-state index in [2.05, 4.69) is 20.8 Å². The van der Waals surface area contributed by atoms with Crippen molar-refractivity contribution in [3.05, 3.63) is 58.6 Å². The molecule has 1 aliphatic heterocycles. The fourth-order valence-electron chi connectivity index (χ4n) is 2.91. The third-order valence-corrected chi connectivity index (χ3v) is 6.93. The van der Waals surface area contributed by atoms with Gasteiger partial charge in [0.2, 0.25) is 10.0 Å². The molecule has 6 nitrogen and oxygen atoms in total. The number of hydrogen-bond donors (Lipinski definition) is 0. The van der Waals surface area contributed by atoms with Gasteiger partial charge in [-0.2, -0.15) is 4.31 Å². The van der Waals surface area contributed by atoms with Crippen LogP contribution in [0.3, 0.4) is 0 Å². The lowest BCUT2D eigenvalue weighted by atomic mass is 10.2. The molecule has 1 heterocycles. The fraction of sp³-hybridized carbons (Fsp3) is 0.278. The summed E-state index contributed by atoms with van der Waals surface area (Å²) < 4.78 is 32.6. The van der Waals surface area contributed by atoms with Gasteiger partial charge in [-0.3, -0.25) is 0 Å². The molecule has 0 amide bonds. The molecule has 1 aliphatic rings. The second-order valence-electron chi connectivity index (χ2n) is 5.86. The zero-order chi connectivity index (χ0) is 18.7. The number of rotatable bonds is 4. The Balaban J connectivity index is 1.78. The molecular weight excluding hydrogens is 420 g/mol. The van der Waals surface area contributed by atoms with Crippen molar-refractivity contribution in [2.45, 2.75) is 4.90 Å². The van der Waals surface area contributed by atoms with Crippen LogP contribution in [0.1, 0.15) is 10.4 Å². The van der Waals surface area contributed by atoms with Crippen molar-refractivity contribution < 1.29 is 17.9 Å². The molecule has 0 radical (unpaired) electrons. The molecule has 138 valence electrons. The molecule has 0 bridgehead atoms. The number of hydrogen-bond acceptors (Lipinski definition) is 5. The number of benzene rings is 2. The first kappa shape index (κ1) is 18.9. The molecular formula is C18H19BrN2O4S. The van der Waals surface area contributed by atoms with E-state index in [0.717, 1.165) is 5.69 Å². The average molecular weight is 439 g/mol. The second kappa shape index (κ2) is 7.77. The Hall–Kier alpha value is -1.90. The Kier molecular flexibility index (Phi) is 5.64. The van der Waals surface area contributed by atoms with Gasteiger partial charge in [0, 0.05) is 36.3 Å². The van der Waals surface area contributed by atoms with E-state index in [1.165, 1.54) is 23.5 Å². The summed E-state index contributed by atoms with van der Waals surface area (Å²) in [7, 11) is -2.41. The molecule has 0 spiro atoms. The van der Waals surface area contributed by atoms with Crippen molar-refractivity contribution in [3.63, 3.8) is 0 Å². The minimum Gasteiger partial charge on any atom is -0.465 e. The Morgan fingerprint density at radius 2 is 1.69 bits per heavy atom. The van der Waals surface area contributed by atoms with Crippen LogP contribution in [0.25, 0.3) is 0 Å². The van der Waals surface area contributed by atoms with E-state index in [-0.39, 0.29) is 10.5 Å². The molecule has 0 N–H and O–H groups in total. The normalized spacial score (nSPS) is 15.7. The van der Waals surface area contributed by atoms with Crippen molar-refractivity contribution in [3.8, 4) is 0 Å². The molecule has 3 rings (SSSR count). The van der Waals surface area contributed by atoms with Gasteiger partial charge < -0.3 is 9.64 Å². The summed E-state index contributed by atoms with van der Waals surface area (Å²) >= 11 is 3.25. The minimum atomic E-state index is -3.67. The maximum absolute atomic E-state index is 12.9. The molecule has 2 aromatic rings. The number of carbonyl (C=O) groups excluding carboxylic acids is 1. The van der Waals surface area contributed by atoms with Crippen LogP contribution >= 0.6 is 15.9 Å². The van der Waals surface area contributed by atoms with Crippen molar-refractivity contribution in [1.82, 2.24) is 4.31 Å². The average Bonchev–Trinajstić information content (AvgIpc) is 2.68. The number of methoxy groups -OCH3 is 1. The first-order valence-corrected chi connectivity index (χ1v) is 10.3. The highest BCUT2D eigenvalue weighted by atomic mass is 79.9. The molecule has 0 aromatic heterocycles. The summed E-state index contributed by atoms with van der Waals surface area (Å²) in [5, 5.41) is 0. The molecule has 1 saturated heterocycles. The monoisotopic (exact) mass is 438 g/mol. The minimum absolute atomic E-state index is 0.0919. The molecule has 2 aromatic carbocycles. The summed E-state index contributed by atoms with van der Waals surface area (Å²) in [5.74, 6) is -0.581. The summed E-state index contributed by atoms with van der Waals surface area (Å²) in [4.78, 5) is 14.1. The molecule has 0 saturated carbocycles. The number of esters is 1. The van der Waals surface area contributed by atoms with Crippen LogP contribution in [0.4, 0.5) is 5.69 Å². The highest BCUT2D eigenvalue weighted by Gasteiger charge is 2.29. The molecule has 0 atom stereocenters. The topological polar surface area (TPSA) is 66.9 Å². The van der Waals surface area contributed by atoms with Gasteiger partial charge in [-0.15, -0.1) is 0 Å². The highest BCUT2D eigenvalue weighted by molar-refractivity contribution is 9.10. The van der Waals surface area contributed by atoms with E-state index >= 15 is 0 Å². The number of nitrogens with zero attached hydrogens (tertiary/aromatic N) is 2. The van der Waals surface area contributed by atoms with Crippen LogP contribution in [0.2, 0.25) is 0 Å². The first-order chi connectivity index (χ1) is 12.4. The van der Waals surface area contributed by atoms with Crippen molar-refractivity contribution in [1.29, 1.82) is 0 Å².